The zero-order valence-electron chi connectivity index (χ0n) is 16.5. The maximum Gasteiger partial charge on any atom is 0.0540 e. The summed E-state index contributed by atoms with van der Waals surface area (Å²) < 4.78 is 1.07. The lowest BCUT2D eigenvalue weighted by Crippen LogP contribution is -2.13. The van der Waals surface area contributed by atoms with Crippen LogP contribution in [0.25, 0.3) is 10.8 Å². The molecule has 0 aliphatic heterocycles. The summed E-state index contributed by atoms with van der Waals surface area (Å²) in [6.45, 7) is 6.75. The Morgan fingerprint density at radius 1 is 0.679 bits per heavy atom. The van der Waals surface area contributed by atoms with Crippen molar-refractivity contribution < 1.29 is 0 Å². The van der Waals surface area contributed by atoms with Crippen LogP contribution < -0.4 is 4.90 Å². The van der Waals surface area contributed by atoms with Gasteiger partial charge in [-0.3, -0.25) is 0 Å². The van der Waals surface area contributed by atoms with Crippen molar-refractivity contribution in [1.29, 1.82) is 0 Å². The number of hydrogen-bond donors (Lipinski definition) is 0. The van der Waals surface area contributed by atoms with Crippen molar-refractivity contribution in [3.8, 4) is 0 Å². The Morgan fingerprint density at radius 2 is 1.36 bits per heavy atom. The van der Waals surface area contributed by atoms with Crippen molar-refractivity contribution in [1.82, 2.24) is 0 Å². The van der Waals surface area contributed by atoms with Crippen molar-refractivity contribution in [3.63, 3.8) is 0 Å². The molecule has 140 valence electrons. The molecule has 4 aromatic rings. The van der Waals surface area contributed by atoms with Crippen LogP contribution in [0.2, 0.25) is 0 Å². The van der Waals surface area contributed by atoms with Crippen molar-refractivity contribution in [2.45, 2.75) is 26.2 Å². The molecule has 1 nitrogen and oxygen atoms in total. The average Bonchev–Trinajstić information content (AvgIpc) is 2.68. The second-order valence-electron chi connectivity index (χ2n) is 8.11. The van der Waals surface area contributed by atoms with Gasteiger partial charge in [0.1, 0.15) is 0 Å². The SMILES string of the molecule is CC(C)(C)c1ccc(N(c2cccc(Br)c2)c2cccc3ccccc23)cc1. The lowest BCUT2D eigenvalue weighted by atomic mass is 9.87. The summed E-state index contributed by atoms with van der Waals surface area (Å²) in [5.74, 6) is 0. The fourth-order valence-electron chi connectivity index (χ4n) is 3.56. The fourth-order valence-corrected chi connectivity index (χ4v) is 3.94. The Hall–Kier alpha value is -2.58. The molecule has 4 rings (SSSR count). The zero-order chi connectivity index (χ0) is 19.7. The molecular weight excluding hydrogens is 406 g/mol. The first-order valence-corrected chi connectivity index (χ1v) is 10.4. The molecule has 0 unspecified atom stereocenters. The first-order valence-electron chi connectivity index (χ1n) is 9.57. The first kappa shape index (κ1) is 18.8. The van der Waals surface area contributed by atoms with E-state index in [2.05, 4.69) is 133 Å². The number of nitrogens with zero attached hydrogens (tertiary/aromatic N) is 1. The standard InChI is InChI=1S/C26H24BrN/c1-26(2,3)20-14-16-22(17-15-20)28(23-11-7-10-21(27)18-23)25-13-6-9-19-8-4-5-12-24(19)25/h4-18H,1-3H3. The molecule has 2 heteroatoms. The highest BCUT2D eigenvalue weighted by Crippen LogP contribution is 2.40. The molecule has 0 amide bonds. The summed E-state index contributed by atoms with van der Waals surface area (Å²) in [4.78, 5) is 2.33. The predicted octanol–water partition coefficient (Wildman–Crippen LogP) is 8.37. The van der Waals surface area contributed by atoms with Gasteiger partial charge in [0.05, 0.1) is 5.69 Å². The summed E-state index contributed by atoms with van der Waals surface area (Å²) in [7, 11) is 0. The minimum Gasteiger partial charge on any atom is -0.310 e. The Labute approximate surface area is 175 Å². The largest absolute Gasteiger partial charge is 0.310 e. The number of rotatable bonds is 3. The highest BCUT2D eigenvalue weighted by molar-refractivity contribution is 9.10. The Bertz CT molecular complexity index is 1100. The molecule has 0 saturated carbocycles. The molecular formula is C26H24BrN. The summed E-state index contributed by atoms with van der Waals surface area (Å²) in [6, 6.07) is 32.5. The minimum absolute atomic E-state index is 0.137. The average molecular weight is 430 g/mol. The Morgan fingerprint density at radius 3 is 2.07 bits per heavy atom. The number of fused-ring (bicyclic) bond motifs is 1. The van der Waals surface area contributed by atoms with Crippen LogP contribution in [0, 0.1) is 0 Å². The van der Waals surface area contributed by atoms with Gasteiger partial charge in [0.2, 0.25) is 0 Å². The molecule has 0 radical (unpaired) electrons. The maximum atomic E-state index is 3.64. The smallest absolute Gasteiger partial charge is 0.0540 e. The molecule has 0 aliphatic rings. The van der Waals surface area contributed by atoms with E-state index >= 15 is 0 Å². The van der Waals surface area contributed by atoms with E-state index in [0.717, 1.165) is 15.8 Å². The fraction of sp³-hybridized carbons (Fsp3) is 0.154. The van der Waals surface area contributed by atoms with Crippen LogP contribution >= 0.6 is 15.9 Å². The number of anilines is 3. The van der Waals surface area contributed by atoms with Gasteiger partial charge < -0.3 is 4.90 Å². The highest BCUT2D eigenvalue weighted by atomic mass is 79.9. The third kappa shape index (κ3) is 3.70. The first-order chi connectivity index (χ1) is 13.4. The van der Waals surface area contributed by atoms with Gasteiger partial charge in [-0.2, -0.15) is 0 Å². The van der Waals surface area contributed by atoms with Crippen molar-refractivity contribution in [3.05, 3.63) is 101 Å². The van der Waals surface area contributed by atoms with Crippen LogP contribution in [0.4, 0.5) is 17.1 Å². The third-order valence-electron chi connectivity index (χ3n) is 5.07. The van der Waals surface area contributed by atoms with Gasteiger partial charge in [-0.1, -0.05) is 91.3 Å². The molecule has 0 N–H and O–H groups in total. The zero-order valence-corrected chi connectivity index (χ0v) is 18.1. The second-order valence-corrected chi connectivity index (χ2v) is 9.03. The van der Waals surface area contributed by atoms with E-state index in [9.17, 15) is 0 Å². The van der Waals surface area contributed by atoms with E-state index in [1.165, 1.54) is 22.0 Å². The molecule has 0 spiro atoms. The Balaban J connectivity index is 1.92. The van der Waals surface area contributed by atoms with Gasteiger partial charge in [0.25, 0.3) is 0 Å². The Kier molecular flexibility index (Phi) is 4.99. The molecule has 28 heavy (non-hydrogen) atoms. The normalized spacial score (nSPS) is 11.6. The van der Waals surface area contributed by atoms with Crippen LogP contribution in [0.15, 0.2) is 95.5 Å². The lowest BCUT2D eigenvalue weighted by Gasteiger charge is -2.28. The molecule has 0 fully saturated rings. The molecule has 0 aliphatic carbocycles. The lowest BCUT2D eigenvalue weighted by molar-refractivity contribution is 0.590. The number of halogens is 1. The van der Waals surface area contributed by atoms with Crippen LogP contribution in [0.1, 0.15) is 26.3 Å². The quantitative estimate of drug-likeness (QED) is 0.316. The van der Waals surface area contributed by atoms with Gasteiger partial charge in [-0.05, 0) is 52.8 Å². The van der Waals surface area contributed by atoms with Crippen molar-refractivity contribution in [2.24, 2.45) is 0 Å². The van der Waals surface area contributed by atoms with Gasteiger partial charge >= 0.3 is 0 Å². The molecule has 0 heterocycles. The third-order valence-corrected chi connectivity index (χ3v) is 5.56. The monoisotopic (exact) mass is 429 g/mol. The van der Waals surface area contributed by atoms with Gasteiger partial charge in [-0.25, -0.2) is 0 Å². The molecule has 0 aromatic heterocycles. The predicted molar refractivity (Wildman–Crippen MR) is 125 cm³/mol. The van der Waals surface area contributed by atoms with Crippen LogP contribution in [0.5, 0.6) is 0 Å². The number of benzene rings is 4. The van der Waals surface area contributed by atoms with Crippen LogP contribution in [-0.4, -0.2) is 0 Å². The van der Waals surface area contributed by atoms with E-state index in [4.69, 9.17) is 0 Å². The van der Waals surface area contributed by atoms with E-state index in [-0.39, 0.29) is 5.41 Å². The van der Waals surface area contributed by atoms with Gasteiger partial charge in [0, 0.05) is 21.2 Å². The number of hydrogen-bond acceptors (Lipinski definition) is 1. The molecule has 4 aromatic carbocycles. The topological polar surface area (TPSA) is 3.24 Å². The summed E-state index contributed by atoms with van der Waals surface area (Å²) in [5.41, 5.74) is 4.94. The maximum absolute atomic E-state index is 3.64. The summed E-state index contributed by atoms with van der Waals surface area (Å²) in [5, 5.41) is 2.48. The van der Waals surface area contributed by atoms with E-state index < -0.39 is 0 Å². The van der Waals surface area contributed by atoms with E-state index in [1.807, 2.05) is 0 Å². The van der Waals surface area contributed by atoms with Crippen LogP contribution in [-0.2, 0) is 5.41 Å². The van der Waals surface area contributed by atoms with Crippen molar-refractivity contribution in [2.75, 3.05) is 4.90 Å². The van der Waals surface area contributed by atoms with E-state index in [0.29, 0.717) is 0 Å². The summed E-state index contributed by atoms with van der Waals surface area (Å²) in [6.07, 6.45) is 0. The second kappa shape index (κ2) is 7.44. The van der Waals surface area contributed by atoms with Gasteiger partial charge in [0.15, 0.2) is 0 Å². The van der Waals surface area contributed by atoms with Gasteiger partial charge in [-0.15, -0.1) is 0 Å². The van der Waals surface area contributed by atoms with Crippen LogP contribution in [0.3, 0.4) is 0 Å². The molecule has 0 atom stereocenters. The van der Waals surface area contributed by atoms with E-state index in [1.54, 1.807) is 0 Å². The highest BCUT2D eigenvalue weighted by Gasteiger charge is 2.17. The summed E-state index contributed by atoms with van der Waals surface area (Å²) >= 11 is 3.64. The van der Waals surface area contributed by atoms with Crippen molar-refractivity contribution >= 4 is 43.8 Å². The minimum atomic E-state index is 0.137. The molecule has 0 bridgehead atoms. The molecule has 0 saturated heterocycles.